The lowest BCUT2D eigenvalue weighted by Gasteiger charge is -2.07. The van der Waals surface area contributed by atoms with Gasteiger partial charge in [-0.2, -0.15) is 0 Å². The van der Waals surface area contributed by atoms with Gasteiger partial charge in [0, 0.05) is 0 Å². The third-order valence-electron chi connectivity index (χ3n) is 2.55. The van der Waals surface area contributed by atoms with Crippen molar-refractivity contribution in [3.63, 3.8) is 0 Å². The zero-order chi connectivity index (χ0) is 14.7. The van der Waals surface area contributed by atoms with Crippen molar-refractivity contribution >= 4 is 11.4 Å². The summed E-state index contributed by atoms with van der Waals surface area (Å²) in [7, 11) is 0. The van der Waals surface area contributed by atoms with Gasteiger partial charge in [0.25, 0.3) is 0 Å². The van der Waals surface area contributed by atoms with Gasteiger partial charge in [0.05, 0.1) is 18.0 Å². The number of nitrogens with one attached hydrogen (secondary N) is 2. The Morgan fingerprint density at radius 3 is 2.42 bits per heavy atom. The van der Waals surface area contributed by atoms with Crippen LogP contribution < -0.4 is 4.74 Å². The van der Waals surface area contributed by atoms with Crippen molar-refractivity contribution in [1.82, 2.24) is 0 Å². The van der Waals surface area contributed by atoms with Crippen LogP contribution in [-0.2, 0) is 0 Å². The zero-order valence-corrected chi connectivity index (χ0v) is 12.5. The highest BCUT2D eigenvalue weighted by Gasteiger charge is 2.02. The predicted molar refractivity (Wildman–Crippen MR) is 83.0 cm³/mol. The molecule has 3 nitrogen and oxygen atoms in total. The molecule has 0 atom stereocenters. The van der Waals surface area contributed by atoms with Gasteiger partial charge in [0.2, 0.25) is 0 Å². The lowest BCUT2D eigenvalue weighted by molar-refractivity contribution is 0.313. The Bertz CT molecular complexity index is 399. The zero-order valence-electron chi connectivity index (χ0n) is 12.5. The third kappa shape index (κ3) is 7.39. The van der Waals surface area contributed by atoms with E-state index in [-0.39, 0.29) is 0 Å². The monoisotopic (exact) mass is 262 g/mol. The van der Waals surface area contributed by atoms with Crippen molar-refractivity contribution in [2.75, 3.05) is 6.61 Å². The Balaban J connectivity index is 0.00000154. The summed E-state index contributed by atoms with van der Waals surface area (Å²) in [6.07, 6.45) is 2.05. The SMILES string of the molecule is CC.CCC(=N)C(=N)CCCOc1cccc(C)c1. The smallest absolute Gasteiger partial charge is 0.119 e. The number of aryl methyl sites for hydroxylation is 1. The van der Waals surface area contributed by atoms with Gasteiger partial charge in [-0.05, 0) is 43.9 Å². The Morgan fingerprint density at radius 1 is 1.16 bits per heavy atom. The molecule has 106 valence electrons. The van der Waals surface area contributed by atoms with E-state index in [9.17, 15) is 0 Å². The summed E-state index contributed by atoms with van der Waals surface area (Å²) in [5.74, 6) is 0.877. The van der Waals surface area contributed by atoms with Crippen LogP contribution >= 0.6 is 0 Å². The fourth-order valence-electron chi connectivity index (χ4n) is 1.51. The molecular formula is C16H26N2O. The highest BCUT2D eigenvalue weighted by atomic mass is 16.5. The summed E-state index contributed by atoms with van der Waals surface area (Å²) < 4.78 is 5.58. The third-order valence-corrected chi connectivity index (χ3v) is 2.55. The van der Waals surface area contributed by atoms with Crippen LogP contribution in [0.15, 0.2) is 24.3 Å². The number of hydrogen-bond acceptors (Lipinski definition) is 3. The van der Waals surface area contributed by atoms with Crippen molar-refractivity contribution in [2.24, 2.45) is 0 Å². The molecule has 19 heavy (non-hydrogen) atoms. The summed E-state index contributed by atoms with van der Waals surface area (Å²) in [6.45, 7) is 8.54. The summed E-state index contributed by atoms with van der Waals surface area (Å²) >= 11 is 0. The minimum atomic E-state index is 0.431. The van der Waals surface area contributed by atoms with E-state index in [1.54, 1.807) is 0 Å². The normalized spacial score (nSPS) is 9.26. The quantitative estimate of drug-likeness (QED) is 0.546. The van der Waals surface area contributed by atoms with E-state index in [2.05, 4.69) is 0 Å². The molecule has 2 N–H and O–H groups in total. The second-order valence-corrected chi connectivity index (χ2v) is 4.08. The van der Waals surface area contributed by atoms with Crippen molar-refractivity contribution in [3.8, 4) is 5.75 Å². The highest BCUT2D eigenvalue weighted by molar-refractivity contribution is 6.39. The van der Waals surface area contributed by atoms with E-state index in [4.69, 9.17) is 15.6 Å². The number of hydrogen-bond donors (Lipinski definition) is 2. The Morgan fingerprint density at radius 2 is 1.84 bits per heavy atom. The molecule has 1 aromatic rings. The summed E-state index contributed by atoms with van der Waals surface area (Å²) in [4.78, 5) is 0. The molecule has 0 spiro atoms. The Labute approximate surface area is 117 Å². The molecule has 0 aromatic heterocycles. The fraction of sp³-hybridized carbons (Fsp3) is 0.500. The minimum Gasteiger partial charge on any atom is -0.494 e. The van der Waals surface area contributed by atoms with Crippen LogP contribution in [-0.4, -0.2) is 18.0 Å². The van der Waals surface area contributed by atoms with Gasteiger partial charge >= 0.3 is 0 Å². The largest absolute Gasteiger partial charge is 0.494 e. The minimum absolute atomic E-state index is 0.431. The molecule has 1 aromatic carbocycles. The van der Waals surface area contributed by atoms with Gasteiger partial charge < -0.3 is 15.6 Å². The average molecular weight is 262 g/mol. The lowest BCUT2D eigenvalue weighted by atomic mass is 10.1. The molecule has 0 aliphatic carbocycles. The fourth-order valence-corrected chi connectivity index (χ4v) is 1.51. The molecule has 0 unspecified atom stereocenters. The van der Waals surface area contributed by atoms with E-state index in [1.807, 2.05) is 52.0 Å². The van der Waals surface area contributed by atoms with Crippen molar-refractivity contribution < 1.29 is 4.74 Å². The number of benzene rings is 1. The van der Waals surface area contributed by atoms with Crippen molar-refractivity contribution in [3.05, 3.63) is 29.8 Å². The molecular weight excluding hydrogens is 236 g/mol. The summed E-state index contributed by atoms with van der Waals surface area (Å²) in [5.41, 5.74) is 2.05. The predicted octanol–water partition coefficient (Wildman–Crippen LogP) is 4.63. The molecule has 0 saturated carbocycles. The first-order chi connectivity index (χ1) is 9.13. The number of rotatable bonds is 7. The first-order valence-corrected chi connectivity index (χ1v) is 6.98. The Kier molecular flexibility index (Phi) is 9.41. The molecule has 0 heterocycles. The topological polar surface area (TPSA) is 56.9 Å². The standard InChI is InChI=1S/C14H20N2O.C2H6/c1-3-13(15)14(16)8-5-9-17-12-7-4-6-11(2)10-12;1-2/h4,6-7,10,15-16H,3,5,8-9H2,1-2H3;1-2H3. The molecule has 0 radical (unpaired) electrons. The average Bonchev–Trinajstić information content (AvgIpc) is 2.44. The maximum atomic E-state index is 7.63. The first kappa shape index (κ1) is 17.4. The van der Waals surface area contributed by atoms with Crippen LogP contribution in [0.3, 0.4) is 0 Å². The lowest BCUT2D eigenvalue weighted by Crippen LogP contribution is -2.11. The van der Waals surface area contributed by atoms with Gasteiger partial charge in [-0.1, -0.05) is 32.9 Å². The second kappa shape index (κ2) is 10.3. The van der Waals surface area contributed by atoms with E-state index >= 15 is 0 Å². The molecule has 0 amide bonds. The molecule has 0 aliphatic rings. The molecule has 0 fully saturated rings. The molecule has 0 bridgehead atoms. The van der Waals surface area contributed by atoms with Gasteiger partial charge in [0.15, 0.2) is 0 Å². The van der Waals surface area contributed by atoms with Crippen LogP contribution in [0.25, 0.3) is 0 Å². The molecule has 1 rings (SSSR count). The van der Waals surface area contributed by atoms with Gasteiger partial charge in [-0.15, -0.1) is 0 Å². The maximum absolute atomic E-state index is 7.63. The second-order valence-electron chi connectivity index (χ2n) is 4.08. The van der Waals surface area contributed by atoms with Gasteiger partial charge in [-0.3, -0.25) is 0 Å². The van der Waals surface area contributed by atoms with Gasteiger partial charge in [0.1, 0.15) is 5.75 Å². The van der Waals surface area contributed by atoms with Crippen LogP contribution in [0.5, 0.6) is 5.75 Å². The van der Waals surface area contributed by atoms with E-state index in [0.29, 0.717) is 30.9 Å². The maximum Gasteiger partial charge on any atom is 0.119 e. The van der Waals surface area contributed by atoms with Crippen molar-refractivity contribution in [2.45, 2.75) is 47.0 Å². The molecule has 3 heteroatoms. The summed E-state index contributed by atoms with van der Waals surface area (Å²) in [5, 5.41) is 15.1. The Hall–Kier alpha value is -1.64. The van der Waals surface area contributed by atoms with Crippen LogP contribution in [0, 0.1) is 17.7 Å². The molecule has 0 aliphatic heterocycles. The highest BCUT2D eigenvalue weighted by Crippen LogP contribution is 2.12. The van der Waals surface area contributed by atoms with Crippen LogP contribution in [0.1, 0.15) is 45.6 Å². The first-order valence-electron chi connectivity index (χ1n) is 6.98. The molecule has 0 saturated heterocycles. The van der Waals surface area contributed by atoms with Crippen molar-refractivity contribution in [1.29, 1.82) is 10.8 Å². The number of ether oxygens (including phenoxy) is 1. The van der Waals surface area contributed by atoms with Gasteiger partial charge in [-0.25, -0.2) is 0 Å². The van der Waals surface area contributed by atoms with E-state index in [0.717, 1.165) is 12.2 Å². The van der Waals surface area contributed by atoms with Crippen LogP contribution in [0.4, 0.5) is 0 Å². The van der Waals surface area contributed by atoms with Crippen LogP contribution in [0.2, 0.25) is 0 Å². The summed E-state index contributed by atoms with van der Waals surface area (Å²) in [6, 6.07) is 7.94. The van der Waals surface area contributed by atoms with E-state index in [1.165, 1.54) is 5.56 Å². The van der Waals surface area contributed by atoms with E-state index < -0.39 is 0 Å².